The molecule has 0 saturated carbocycles. The second-order valence-electron chi connectivity index (χ2n) is 5.33. The minimum Gasteiger partial charge on any atom is -0.311 e. The van der Waals surface area contributed by atoms with Crippen molar-refractivity contribution in [1.29, 1.82) is 0 Å². The molecule has 0 bridgehead atoms. The van der Waals surface area contributed by atoms with Crippen LogP contribution in [0.4, 0.5) is 0 Å². The Morgan fingerprint density at radius 3 is 2.78 bits per heavy atom. The van der Waals surface area contributed by atoms with E-state index in [1.165, 1.54) is 24.1 Å². The Kier molecular flexibility index (Phi) is 4.72. The molecule has 2 unspecified atom stereocenters. The SMILES string of the molecule is CCC1CN(Cc2ccc(C)cn2)C(CC)CN1. The maximum atomic E-state index is 4.53. The molecule has 1 aromatic heterocycles. The standard InChI is InChI=1S/C15H25N3/c1-4-13-10-18(15(5-2)9-17-13)11-14-7-6-12(3)8-16-14/h6-8,13,15,17H,4-5,9-11H2,1-3H3. The van der Waals surface area contributed by atoms with E-state index >= 15 is 0 Å². The molecule has 1 aliphatic heterocycles. The molecular weight excluding hydrogens is 222 g/mol. The third kappa shape index (κ3) is 3.30. The maximum Gasteiger partial charge on any atom is 0.0544 e. The van der Waals surface area contributed by atoms with E-state index in [4.69, 9.17) is 0 Å². The van der Waals surface area contributed by atoms with Gasteiger partial charge in [0.2, 0.25) is 0 Å². The van der Waals surface area contributed by atoms with Crippen LogP contribution in [0.1, 0.15) is 37.9 Å². The summed E-state index contributed by atoms with van der Waals surface area (Å²) in [5.74, 6) is 0. The first-order valence-electron chi connectivity index (χ1n) is 7.11. The highest BCUT2D eigenvalue weighted by molar-refractivity contribution is 5.12. The van der Waals surface area contributed by atoms with Crippen molar-refractivity contribution in [3.63, 3.8) is 0 Å². The van der Waals surface area contributed by atoms with Gasteiger partial charge < -0.3 is 5.32 Å². The van der Waals surface area contributed by atoms with E-state index in [9.17, 15) is 0 Å². The average molecular weight is 247 g/mol. The van der Waals surface area contributed by atoms with Gasteiger partial charge in [-0.1, -0.05) is 19.9 Å². The average Bonchev–Trinajstić information content (AvgIpc) is 2.41. The van der Waals surface area contributed by atoms with Crippen LogP contribution in [0.3, 0.4) is 0 Å². The number of piperazine rings is 1. The van der Waals surface area contributed by atoms with Crippen molar-refractivity contribution in [1.82, 2.24) is 15.2 Å². The van der Waals surface area contributed by atoms with Gasteiger partial charge in [-0.2, -0.15) is 0 Å². The summed E-state index contributed by atoms with van der Waals surface area (Å²) >= 11 is 0. The van der Waals surface area contributed by atoms with Crippen LogP contribution in [0.5, 0.6) is 0 Å². The van der Waals surface area contributed by atoms with E-state index < -0.39 is 0 Å². The van der Waals surface area contributed by atoms with Crippen LogP contribution >= 0.6 is 0 Å². The van der Waals surface area contributed by atoms with E-state index in [0.717, 1.165) is 19.6 Å². The van der Waals surface area contributed by atoms with Crippen LogP contribution < -0.4 is 5.32 Å². The molecule has 2 rings (SSSR count). The number of hydrogen-bond acceptors (Lipinski definition) is 3. The molecule has 1 N–H and O–H groups in total. The van der Waals surface area contributed by atoms with Gasteiger partial charge in [0, 0.05) is 37.9 Å². The molecule has 0 aromatic carbocycles. The lowest BCUT2D eigenvalue weighted by atomic mass is 10.0. The van der Waals surface area contributed by atoms with Crippen molar-refractivity contribution in [3.8, 4) is 0 Å². The van der Waals surface area contributed by atoms with Crippen LogP contribution in [0.2, 0.25) is 0 Å². The second-order valence-corrected chi connectivity index (χ2v) is 5.33. The molecule has 1 fully saturated rings. The number of hydrogen-bond donors (Lipinski definition) is 1. The minimum absolute atomic E-state index is 0.637. The van der Waals surface area contributed by atoms with E-state index in [0.29, 0.717) is 12.1 Å². The van der Waals surface area contributed by atoms with Crippen molar-refractivity contribution in [2.75, 3.05) is 13.1 Å². The molecule has 0 amide bonds. The summed E-state index contributed by atoms with van der Waals surface area (Å²) in [6.45, 7) is 9.85. The van der Waals surface area contributed by atoms with Gasteiger partial charge in [0.1, 0.15) is 0 Å². The fourth-order valence-corrected chi connectivity index (χ4v) is 2.60. The highest BCUT2D eigenvalue weighted by atomic mass is 15.2. The van der Waals surface area contributed by atoms with E-state index in [-0.39, 0.29) is 0 Å². The molecule has 2 heterocycles. The van der Waals surface area contributed by atoms with Crippen molar-refractivity contribution in [3.05, 3.63) is 29.6 Å². The summed E-state index contributed by atoms with van der Waals surface area (Å²) < 4.78 is 0. The Morgan fingerprint density at radius 1 is 1.33 bits per heavy atom. The van der Waals surface area contributed by atoms with Crippen molar-refractivity contribution in [2.24, 2.45) is 0 Å². The lowest BCUT2D eigenvalue weighted by Gasteiger charge is -2.39. The van der Waals surface area contributed by atoms with Crippen LogP contribution in [-0.4, -0.2) is 35.1 Å². The zero-order valence-corrected chi connectivity index (χ0v) is 11.8. The molecule has 18 heavy (non-hydrogen) atoms. The van der Waals surface area contributed by atoms with Crippen LogP contribution in [0.25, 0.3) is 0 Å². The Hall–Kier alpha value is -0.930. The fourth-order valence-electron chi connectivity index (χ4n) is 2.60. The predicted octanol–water partition coefficient (Wildman–Crippen LogP) is 2.35. The first kappa shape index (κ1) is 13.5. The van der Waals surface area contributed by atoms with Crippen molar-refractivity contribution in [2.45, 2.75) is 52.2 Å². The predicted molar refractivity (Wildman–Crippen MR) is 75.5 cm³/mol. The molecule has 0 aliphatic carbocycles. The third-order valence-corrected chi connectivity index (χ3v) is 3.92. The molecule has 100 valence electrons. The summed E-state index contributed by atoms with van der Waals surface area (Å²) in [7, 11) is 0. The molecule has 1 saturated heterocycles. The number of rotatable bonds is 4. The van der Waals surface area contributed by atoms with Crippen molar-refractivity contribution < 1.29 is 0 Å². The first-order chi connectivity index (χ1) is 8.72. The largest absolute Gasteiger partial charge is 0.311 e. The molecule has 3 nitrogen and oxygen atoms in total. The quantitative estimate of drug-likeness (QED) is 0.885. The first-order valence-corrected chi connectivity index (χ1v) is 7.11. The third-order valence-electron chi connectivity index (χ3n) is 3.92. The topological polar surface area (TPSA) is 28.2 Å². The smallest absolute Gasteiger partial charge is 0.0544 e. The minimum atomic E-state index is 0.637. The highest BCUT2D eigenvalue weighted by Crippen LogP contribution is 2.15. The molecule has 3 heteroatoms. The lowest BCUT2D eigenvalue weighted by Crippen LogP contribution is -2.55. The van der Waals surface area contributed by atoms with Gasteiger partial charge in [-0.05, 0) is 31.4 Å². The number of nitrogens with zero attached hydrogens (tertiary/aromatic N) is 2. The van der Waals surface area contributed by atoms with Gasteiger partial charge in [0.25, 0.3) is 0 Å². The van der Waals surface area contributed by atoms with Crippen molar-refractivity contribution >= 4 is 0 Å². The summed E-state index contributed by atoms with van der Waals surface area (Å²) in [6.07, 6.45) is 4.37. The van der Waals surface area contributed by atoms with Gasteiger partial charge in [0.05, 0.1) is 5.69 Å². The molecule has 0 radical (unpaired) electrons. The normalized spacial score (nSPS) is 25.3. The van der Waals surface area contributed by atoms with Crippen LogP contribution in [-0.2, 0) is 6.54 Å². The highest BCUT2D eigenvalue weighted by Gasteiger charge is 2.25. The molecule has 1 aliphatic rings. The van der Waals surface area contributed by atoms with Gasteiger partial charge in [-0.3, -0.25) is 9.88 Å². The van der Waals surface area contributed by atoms with Gasteiger partial charge in [-0.15, -0.1) is 0 Å². The fraction of sp³-hybridized carbons (Fsp3) is 0.667. The zero-order valence-electron chi connectivity index (χ0n) is 11.8. The number of pyridine rings is 1. The number of aromatic nitrogens is 1. The van der Waals surface area contributed by atoms with Crippen LogP contribution in [0.15, 0.2) is 18.3 Å². The number of aryl methyl sites for hydroxylation is 1. The van der Waals surface area contributed by atoms with Gasteiger partial charge in [0.15, 0.2) is 0 Å². The molecule has 2 atom stereocenters. The molecule has 0 spiro atoms. The second kappa shape index (κ2) is 6.30. The summed E-state index contributed by atoms with van der Waals surface area (Å²) in [6, 6.07) is 5.60. The summed E-state index contributed by atoms with van der Waals surface area (Å²) in [5.41, 5.74) is 2.42. The monoisotopic (exact) mass is 247 g/mol. The Labute approximate surface area is 111 Å². The Morgan fingerprint density at radius 2 is 2.17 bits per heavy atom. The van der Waals surface area contributed by atoms with E-state index in [2.05, 4.69) is 48.1 Å². The summed E-state index contributed by atoms with van der Waals surface area (Å²) in [4.78, 5) is 7.12. The van der Waals surface area contributed by atoms with E-state index in [1.54, 1.807) is 0 Å². The Balaban J connectivity index is 2.02. The number of nitrogens with one attached hydrogen (secondary N) is 1. The van der Waals surface area contributed by atoms with Gasteiger partial charge >= 0.3 is 0 Å². The molecular formula is C15H25N3. The lowest BCUT2D eigenvalue weighted by molar-refractivity contribution is 0.116. The zero-order chi connectivity index (χ0) is 13.0. The molecule has 1 aromatic rings. The van der Waals surface area contributed by atoms with E-state index in [1.807, 2.05) is 6.20 Å². The van der Waals surface area contributed by atoms with Gasteiger partial charge in [-0.25, -0.2) is 0 Å². The Bertz CT molecular complexity index is 361. The maximum absolute atomic E-state index is 4.53. The summed E-state index contributed by atoms with van der Waals surface area (Å²) in [5, 5.41) is 3.63. The van der Waals surface area contributed by atoms with Crippen LogP contribution in [0, 0.1) is 6.92 Å².